The predicted octanol–water partition coefficient (Wildman–Crippen LogP) is 3.50. The summed E-state index contributed by atoms with van der Waals surface area (Å²) in [5.74, 6) is -3.84. The van der Waals surface area contributed by atoms with Gasteiger partial charge in [-0.2, -0.15) is 0 Å². The lowest BCUT2D eigenvalue weighted by atomic mass is 9.83. The first-order valence-electron chi connectivity index (χ1n) is 13.0. The molecule has 0 aliphatic carbocycles. The fourth-order valence-electron chi connectivity index (χ4n) is 5.84. The summed E-state index contributed by atoms with van der Waals surface area (Å²) in [5, 5.41) is 17.8. The van der Waals surface area contributed by atoms with Crippen molar-refractivity contribution in [2.75, 3.05) is 6.54 Å². The molecule has 1 aromatic heterocycles. The highest BCUT2D eigenvalue weighted by Gasteiger charge is 2.54. The molecule has 3 aliphatic rings. The second-order valence-electron chi connectivity index (χ2n) is 10.5. The molecule has 3 atom stereocenters. The summed E-state index contributed by atoms with van der Waals surface area (Å²) >= 11 is 0. The molecule has 2 N–H and O–H groups in total. The van der Waals surface area contributed by atoms with E-state index in [-0.39, 0.29) is 30.4 Å². The molecular formula is C29H26F2N4O5. The Kier molecular flexibility index (Phi) is 6.16. The van der Waals surface area contributed by atoms with Crippen molar-refractivity contribution in [3.8, 4) is 5.75 Å². The van der Waals surface area contributed by atoms with Gasteiger partial charge in [-0.05, 0) is 31.4 Å². The number of hydrogen-bond acceptors (Lipinski definition) is 6. The molecule has 2 aromatic carbocycles. The topological polar surface area (TPSA) is 113 Å². The van der Waals surface area contributed by atoms with Gasteiger partial charge in [0, 0.05) is 43.4 Å². The van der Waals surface area contributed by atoms with Gasteiger partial charge in [0.05, 0.1) is 11.8 Å². The lowest BCUT2D eigenvalue weighted by molar-refractivity contribution is -0.0655. The van der Waals surface area contributed by atoms with E-state index >= 15 is 0 Å². The van der Waals surface area contributed by atoms with E-state index in [1.165, 1.54) is 16.8 Å². The number of halogens is 2. The molecule has 206 valence electrons. The average molecular weight is 549 g/mol. The lowest BCUT2D eigenvalue weighted by Crippen LogP contribution is -2.52. The number of pyridine rings is 1. The van der Waals surface area contributed by atoms with Gasteiger partial charge in [-0.3, -0.25) is 14.4 Å². The van der Waals surface area contributed by atoms with Gasteiger partial charge in [0.2, 0.25) is 5.43 Å². The van der Waals surface area contributed by atoms with Gasteiger partial charge < -0.3 is 24.7 Å². The molecule has 1 saturated heterocycles. The van der Waals surface area contributed by atoms with E-state index in [1.807, 2.05) is 37.3 Å². The SMILES string of the molecule is CC1CCC2(CC(c3ccccc3)=NO2)C2CN1C(=O)c1c(O)c(=O)c(C(=O)NCc3ccc(F)cc3F)cn12. The third kappa shape index (κ3) is 4.12. The zero-order chi connectivity index (χ0) is 28.2. The third-order valence-electron chi connectivity index (χ3n) is 8.11. The zero-order valence-electron chi connectivity index (χ0n) is 21.6. The van der Waals surface area contributed by atoms with Crippen molar-refractivity contribution in [3.05, 3.63) is 99.0 Å². The lowest BCUT2D eigenvalue weighted by Gasteiger charge is -2.41. The standard InChI is InChI=1S/C29H26F2N4O5/c1-16-9-10-29(12-22(33-40-29)17-5-3-2-4-6-17)23-15-34(16)28(39)24-26(37)25(36)20(14-35(23)24)27(38)32-13-18-7-8-19(30)11-21(18)31/h2-8,11,14,16,23,37H,9-10,12-13,15H2,1H3,(H,32,38). The summed E-state index contributed by atoms with van der Waals surface area (Å²) < 4.78 is 28.8. The fourth-order valence-corrected chi connectivity index (χ4v) is 5.84. The minimum absolute atomic E-state index is 0.0181. The fraction of sp³-hybridized carbons (Fsp3) is 0.310. The van der Waals surface area contributed by atoms with Gasteiger partial charge in [-0.25, -0.2) is 8.78 Å². The van der Waals surface area contributed by atoms with Crippen molar-refractivity contribution >= 4 is 17.5 Å². The van der Waals surface area contributed by atoms with Crippen LogP contribution in [0.15, 0.2) is 64.7 Å². The highest BCUT2D eigenvalue weighted by Crippen LogP contribution is 2.46. The number of nitrogens with one attached hydrogen (secondary N) is 1. The maximum atomic E-state index is 14.1. The van der Waals surface area contributed by atoms with Crippen LogP contribution in [-0.4, -0.2) is 50.3 Å². The maximum Gasteiger partial charge on any atom is 0.274 e. The predicted molar refractivity (Wildman–Crippen MR) is 140 cm³/mol. The first-order chi connectivity index (χ1) is 19.2. The number of aromatic nitrogens is 1. The van der Waals surface area contributed by atoms with Crippen LogP contribution in [0.5, 0.6) is 5.75 Å². The number of aromatic hydroxyl groups is 1. The van der Waals surface area contributed by atoms with Crippen molar-refractivity contribution in [3.63, 3.8) is 0 Å². The molecule has 0 radical (unpaired) electrons. The zero-order valence-corrected chi connectivity index (χ0v) is 21.6. The van der Waals surface area contributed by atoms with Gasteiger partial charge in [0.25, 0.3) is 11.8 Å². The first-order valence-corrected chi connectivity index (χ1v) is 13.0. The average Bonchev–Trinajstić information content (AvgIpc) is 3.33. The number of oxime groups is 1. The second kappa shape index (κ2) is 9.58. The molecule has 2 amide bonds. The monoisotopic (exact) mass is 548 g/mol. The van der Waals surface area contributed by atoms with Crippen LogP contribution in [0.25, 0.3) is 0 Å². The van der Waals surface area contributed by atoms with Gasteiger partial charge in [-0.1, -0.05) is 41.6 Å². The number of benzene rings is 2. The van der Waals surface area contributed by atoms with E-state index in [1.54, 1.807) is 4.90 Å². The quantitative estimate of drug-likeness (QED) is 0.518. The van der Waals surface area contributed by atoms with Gasteiger partial charge in [0.15, 0.2) is 17.0 Å². The Hall–Kier alpha value is -4.54. The molecule has 3 unspecified atom stereocenters. The molecule has 0 saturated carbocycles. The smallest absolute Gasteiger partial charge is 0.274 e. The Morgan fingerprint density at radius 1 is 1.20 bits per heavy atom. The highest BCUT2D eigenvalue weighted by molar-refractivity contribution is 6.02. The van der Waals surface area contributed by atoms with E-state index in [9.17, 15) is 28.3 Å². The van der Waals surface area contributed by atoms with E-state index in [0.29, 0.717) is 25.3 Å². The summed E-state index contributed by atoms with van der Waals surface area (Å²) in [6, 6.07) is 11.8. The minimum atomic E-state index is -1.02. The maximum absolute atomic E-state index is 14.1. The van der Waals surface area contributed by atoms with Crippen LogP contribution in [0.2, 0.25) is 0 Å². The minimum Gasteiger partial charge on any atom is -0.503 e. The van der Waals surface area contributed by atoms with Crippen LogP contribution in [-0.2, 0) is 11.4 Å². The molecule has 11 heteroatoms. The molecule has 1 fully saturated rings. The Labute approximate surface area is 227 Å². The van der Waals surface area contributed by atoms with Crippen molar-refractivity contribution in [1.82, 2.24) is 14.8 Å². The van der Waals surface area contributed by atoms with Crippen molar-refractivity contribution in [1.29, 1.82) is 0 Å². The van der Waals surface area contributed by atoms with Crippen LogP contribution in [0.3, 0.4) is 0 Å². The molecule has 3 aromatic rings. The summed E-state index contributed by atoms with van der Waals surface area (Å²) in [5.41, 5.74) is -0.889. The molecular weight excluding hydrogens is 522 g/mol. The van der Waals surface area contributed by atoms with E-state index in [0.717, 1.165) is 17.3 Å². The van der Waals surface area contributed by atoms with Crippen molar-refractivity contribution in [2.24, 2.45) is 5.16 Å². The van der Waals surface area contributed by atoms with Crippen molar-refractivity contribution < 1.29 is 28.3 Å². The summed E-state index contributed by atoms with van der Waals surface area (Å²) in [6.07, 6.45) is 2.83. The number of rotatable bonds is 4. The molecule has 2 bridgehead atoms. The molecule has 4 heterocycles. The van der Waals surface area contributed by atoms with E-state index in [2.05, 4.69) is 10.5 Å². The van der Waals surface area contributed by atoms with E-state index in [4.69, 9.17) is 4.84 Å². The molecule has 6 rings (SSSR count). The van der Waals surface area contributed by atoms with Gasteiger partial charge >= 0.3 is 0 Å². The van der Waals surface area contributed by atoms with Gasteiger partial charge in [-0.15, -0.1) is 0 Å². The van der Waals surface area contributed by atoms with Gasteiger partial charge in [0.1, 0.15) is 17.2 Å². The number of hydrogen-bond donors (Lipinski definition) is 2. The molecule has 3 aliphatic heterocycles. The number of carbonyl (C=O) groups is 2. The third-order valence-corrected chi connectivity index (χ3v) is 8.11. The Morgan fingerprint density at radius 3 is 2.73 bits per heavy atom. The Morgan fingerprint density at radius 2 is 1.98 bits per heavy atom. The van der Waals surface area contributed by atoms with Crippen LogP contribution in [0.1, 0.15) is 64.2 Å². The summed E-state index contributed by atoms with van der Waals surface area (Å²) in [6.45, 7) is 1.82. The van der Waals surface area contributed by atoms with Crippen LogP contribution in [0, 0.1) is 11.6 Å². The molecule has 9 nitrogen and oxygen atoms in total. The summed E-state index contributed by atoms with van der Waals surface area (Å²) in [7, 11) is 0. The van der Waals surface area contributed by atoms with Crippen LogP contribution in [0.4, 0.5) is 8.78 Å². The number of amides is 2. The molecule has 1 spiro atoms. The largest absolute Gasteiger partial charge is 0.503 e. The number of nitrogens with zero attached hydrogens (tertiary/aromatic N) is 3. The normalized spacial score (nSPS) is 23.3. The van der Waals surface area contributed by atoms with Crippen LogP contribution >= 0.6 is 0 Å². The number of fused-ring (bicyclic) bond motifs is 5. The van der Waals surface area contributed by atoms with Crippen molar-refractivity contribution in [2.45, 2.75) is 50.4 Å². The Bertz CT molecular complexity index is 1620. The van der Waals surface area contributed by atoms with Crippen LogP contribution < -0.4 is 10.7 Å². The molecule has 40 heavy (non-hydrogen) atoms. The number of carbonyl (C=O) groups excluding carboxylic acids is 2. The second-order valence-corrected chi connectivity index (χ2v) is 10.5. The summed E-state index contributed by atoms with van der Waals surface area (Å²) in [4.78, 5) is 47.5. The Balaban J connectivity index is 1.38. The van der Waals surface area contributed by atoms with E-state index < -0.39 is 51.8 Å². The highest BCUT2D eigenvalue weighted by atomic mass is 19.1. The first kappa shape index (κ1) is 25.7.